The van der Waals surface area contributed by atoms with Crippen LogP contribution in [0.2, 0.25) is 0 Å². The number of benzene rings is 2. The fraction of sp³-hybridized carbons (Fsp3) is 0.531. The van der Waals surface area contributed by atoms with Gasteiger partial charge in [0.15, 0.2) is 0 Å². The zero-order valence-corrected chi connectivity index (χ0v) is 25.2. The molecule has 0 bridgehead atoms. The van der Waals surface area contributed by atoms with Crippen LogP contribution in [0.3, 0.4) is 0 Å². The number of aliphatic hydroxyl groups is 1. The Morgan fingerprint density at radius 1 is 0.950 bits per heavy atom. The van der Waals surface area contributed by atoms with Gasteiger partial charge in [-0.15, -0.1) is 0 Å². The Morgan fingerprint density at radius 2 is 1.62 bits per heavy atom. The van der Waals surface area contributed by atoms with E-state index in [1.165, 1.54) is 30.4 Å². The van der Waals surface area contributed by atoms with E-state index >= 15 is 0 Å². The highest BCUT2D eigenvalue weighted by atomic mass is 35.6. The topological polar surface area (TPSA) is 59.0 Å². The highest BCUT2D eigenvalue weighted by Crippen LogP contribution is 2.38. The van der Waals surface area contributed by atoms with Crippen molar-refractivity contribution in [2.75, 3.05) is 19.7 Å². The summed E-state index contributed by atoms with van der Waals surface area (Å²) in [5.74, 6) is -0.138. The van der Waals surface area contributed by atoms with Gasteiger partial charge in [-0.05, 0) is 61.9 Å². The lowest BCUT2D eigenvalue weighted by atomic mass is 9.92. The molecule has 1 aliphatic carbocycles. The Morgan fingerprint density at radius 3 is 2.33 bits per heavy atom. The zero-order valence-electron chi connectivity index (χ0n) is 22.9. The Balaban J connectivity index is 1.31. The molecule has 2 fully saturated rings. The predicted octanol–water partition coefficient (Wildman–Crippen LogP) is 7.50. The number of esters is 1. The van der Waals surface area contributed by atoms with E-state index in [0.29, 0.717) is 19.4 Å². The van der Waals surface area contributed by atoms with Crippen molar-refractivity contribution >= 4 is 40.8 Å². The molecule has 1 heterocycles. The molecule has 1 saturated carbocycles. The van der Waals surface area contributed by atoms with Crippen LogP contribution >= 0.6 is 34.8 Å². The minimum atomic E-state index is -1.59. The first-order valence-corrected chi connectivity index (χ1v) is 15.5. The summed E-state index contributed by atoms with van der Waals surface area (Å²) in [7, 11) is 0. The van der Waals surface area contributed by atoms with Crippen molar-refractivity contribution in [3.8, 4) is 11.1 Å². The Kier molecular flexibility index (Phi) is 12.2. The third-order valence-electron chi connectivity index (χ3n) is 7.87. The van der Waals surface area contributed by atoms with Crippen molar-refractivity contribution in [3.05, 3.63) is 72.3 Å². The lowest BCUT2D eigenvalue weighted by Crippen LogP contribution is -2.47. The molecule has 4 rings (SSSR count). The molecule has 1 saturated heterocycles. The van der Waals surface area contributed by atoms with E-state index in [1.807, 2.05) is 12.1 Å². The van der Waals surface area contributed by atoms with Crippen LogP contribution in [0.25, 0.3) is 11.1 Å². The van der Waals surface area contributed by atoms with Crippen LogP contribution in [0.4, 0.5) is 0 Å². The molecule has 5 nitrogen and oxygen atoms in total. The summed E-state index contributed by atoms with van der Waals surface area (Å²) in [5.41, 5.74) is 3.52. The molecule has 0 unspecified atom stereocenters. The maximum absolute atomic E-state index is 11.8. The molecule has 0 aromatic heterocycles. The minimum Gasteiger partial charge on any atom is -0.461 e. The van der Waals surface area contributed by atoms with Crippen molar-refractivity contribution < 1.29 is 19.4 Å². The number of carbonyl (C=O) groups excluding carboxylic acids is 1. The van der Waals surface area contributed by atoms with E-state index in [0.717, 1.165) is 31.5 Å². The Hall–Kier alpha value is -1.60. The Bertz CT molecular complexity index is 1070. The number of hydrogen-bond acceptors (Lipinski definition) is 5. The van der Waals surface area contributed by atoms with Crippen LogP contribution in [-0.2, 0) is 20.9 Å². The quantitative estimate of drug-likeness (QED) is 0.154. The minimum absolute atomic E-state index is 0.000953. The van der Waals surface area contributed by atoms with Gasteiger partial charge in [0.05, 0.1) is 18.8 Å². The van der Waals surface area contributed by atoms with E-state index in [1.54, 1.807) is 0 Å². The second-order valence-corrected chi connectivity index (χ2v) is 13.3. The zero-order chi connectivity index (χ0) is 28.4. The largest absolute Gasteiger partial charge is 0.461 e. The van der Waals surface area contributed by atoms with Gasteiger partial charge in [0.2, 0.25) is 3.79 Å². The summed E-state index contributed by atoms with van der Waals surface area (Å²) in [6, 6.07) is 19.0. The van der Waals surface area contributed by atoms with Crippen molar-refractivity contribution in [1.82, 2.24) is 4.90 Å². The average Bonchev–Trinajstić information content (AvgIpc) is 3.28. The third kappa shape index (κ3) is 9.75. The maximum Gasteiger partial charge on any atom is 0.306 e. The fourth-order valence-corrected chi connectivity index (χ4v) is 6.09. The molecule has 1 aliphatic heterocycles. The van der Waals surface area contributed by atoms with Gasteiger partial charge in [-0.2, -0.15) is 0 Å². The highest BCUT2D eigenvalue weighted by Gasteiger charge is 2.45. The maximum atomic E-state index is 11.8. The van der Waals surface area contributed by atoms with E-state index < -0.39 is 3.79 Å². The van der Waals surface area contributed by atoms with Gasteiger partial charge in [-0.1, -0.05) is 108 Å². The number of carbonyl (C=O) groups is 1. The van der Waals surface area contributed by atoms with Crippen molar-refractivity contribution in [2.24, 2.45) is 5.92 Å². The van der Waals surface area contributed by atoms with Crippen molar-refractivity contribution in [3.63, 3.8) is 0 Å². The molecule has 2 aliphatic rings. The van der Waals surface area contributed by atoms with Gasteiger partial charge in [0.25, 0.3) is 0 Å². The van der Waals surface area contributed by atoms with Crippen LogP contribution in [0.5, 0.6) is 0 Å². The summed E-state index contributed by atoms with van der Waals surface area (Å²) < 4.78 is 9.88. The molecule has 0 spiro atoms. The van der Waals surface area contributed by atoms with Crippen molar-refractivity contribution in [2.45, 2.75) is 80.0 Å². The molecule has 8 heteroatoms. The first-order valence-electron chi connectivity index (χ1n) is 14.4. The lowest BCUT2D eigenvalue weighted by Gasteiger charge is -2.38. The summed E-state index contributed by atoms with van der Waals surface area (Å²) in [4.78, 5) is 14.3. The average molecular weight is 609 g/mol. The Labute approximate surface area is 253 Å². The molecule has 40 heavy (non-hydrogen) atoms. The molecule has 0 amide bonds. The van der Waals surface area contributed by atoms with Crippen LogP contribution in [0, 0.1) is 5.92 Å². The number of aliphatic hydroxyl groups excluding tert-OH is 1. The van der Waals surface area contributed by atoms with E-state index in [-0.39, 0.29) is 43.2 Å². The van der Waals surface area contributed by atoms with E-state index in [9.17, 15) is 9.90 Å². The standard InChI is InChI=1S/C32H40Cl3NO4/c33-32(34,35)23-40-30(38)14-8-2-1-7-13-27-29(21-28(37)31(27)36-19-9-4-10-20-36)39-22-24-15-17-26(18-16-24)25-11-5-3-6-12-25/h1-3,5-6,11-12,15-18,27-29,31,37H,4,7-10,13-14,19-23H2/t27-,28-,29-,31+/m0/s1. The first kappa shape index (κ1) is 31.3. The number of alkyl halides is 3. The molecule has 2 aromatic carbocycles. The smallest absolute Gasteiger partial charge is 0.306 e. The van der Waals surface area contributed by atoms with Crippen molar-refractivity contribution in [1.29, 1.82) is 0 Å². The number of likely N-dealkylation sites (tertiary alicyclic amines) is 1. The van der Waals surface area contributed by atoms with Gasteiger partial charge in [0, 0.05) is 24.8 Å². The molecule has 1 N–H and O–H groups in total. The number of allylic oxidation sites excluding steroid dienone is 2. The molecular weight excluding hydrogens is 569 g/mol. The number of hydrogen-bond donors (Lipinski definition) is 1. The third-order valence-corrected chi connectivity index (χ3v) is 8.19. The van der Waals surface area contributed by atoms with Crippen LogP contribution in [0.15, 0.2) is 66.7 Å². The summed E-state index contributed by atoms with van der Waals surface area (Å²) in [5, 5.41) is 11.1. The second kappa shape index (κ2) is 15.6. The molecule has 2 aromatic rings. The predicted molar refractivity (Wildman–Crippen MR) is 163 cm³/mol. The lowest BCUT2D eigenvalue weighted by molar-refractivity contribution is -0.143. The molecule has 0 radical (unpaired) electrons. The summed E-state index contributed by atoms with van der Waals surface area (Å²) in [6.07, 6.45) is 10.6. The first-order chi connectivity index (χ1) is 19.3. The van der Waals surface area contributed by atoms with Crippen LogP contribution in [0.1, 0.15) is 56.9 Å². The van der Waals surface area contributed by atoms with Gasteiger partial charge in [-0.25, -0.2) is 0 Å². The second-order valence-electron chi connectivity index (χ2n) is 10.8. The fourth-order valence-electron chi connectivity index (χ4n) is 5.92. The molecule has 218 valence electrons. The van der Waals surface area contributed by atoms with Crippen LogP contribution < -0.4 is 0 Å². The van der Waals surface area contributed by atoms with Gasteiger partial charge >= 0.3 is 5.97 Å². The molecule has 4 atom stereocenters. The van der Waals surface area contributed by atoms with E-state index in [4.69, 9.17) is 44.3 Å². The van der Waals surface area contributed by atoms with Gasteiger partial charge in [-0.3, -0.25) is 9.69 Å². The highest BCUT2D eigenvalue weighted by molar-refractivity contribution is 6.67. The monoisotopic (exact) mass is 607 g/mol. The molecular formula is C32H40Cl3NO4. The number of nitrogens with zero attached hydrogens (tertiary/aromatic N) is 1. The number of rotatable bonds is 12. The van der Waals surface area contributed by atoms with Crippen LogP contribution in [-0.4, -0.2) is 57.7 Å². The summed E-state index contributed by atoms with van der Waals surface area (Å²) >= 11 is 16.9. The van der Waals surface area contributed by atoms with Gasteiger partial charge in [0.1, 0.15) is 6.61 Å². The van der Waals surface area contributed by atoms with Gasteiger partial charge < -0.3 is 14.6 Å². The normalized spacial score (nSPS) is 24.0. The summed E-state index contributed by atoms with van der Waals surface area (Å²) in [6.45, 7) is 2.36. The number of halogens is 3. The number of piperidine rings is 1. The number of ether oxygens (including phenoxy) is 2. The SMILES string of the molecule is O=C(CCC=CCC[C@@H]1[C@@H](N2CCCCC2)[C@@H](O)C[C@@H]1OCc1ccc(-c2ccccc2)cc1)OCC(Cl)(Cl)Cl. The van der Waals surface area contributed by atoms with E-state index in [2.05, 4.69) is 59.5 Å².